The summed E-state index contributed by atoms with van der Waals surface area (Å²) in [6.45, 7) is 3.80. The van der Waals surface area contributed by atoms with Crippen molar-refractivity contribution in [2.75, 3.05) is 40.3 Å². The number of imide groups is 1. The van der Waals surface area contributed by atoms with Crippen LogP contribution >= 0.6 is 11.8 Å². The molecule has 2 amide bonds. The van der Waals surface area contributed by atoms with Crippen LogP contribution in [0.2, 0.25) is 0 Å². The minimum Gasteiger partial charge on any atom is -0.374 e. The Kier molecular flexibility index (Phi) is 3.20. The Morgan fingerprint density at radius 2 is 1.75 bits per heavy atom. The van der Waals surface area contributed by atoms with E-state index in [1.54, 1.807) is 0 Å². The topological polar surface area (TPSA) is 43.9 Å². The molecule has 0 atom stereocenters. The molecule has 2 aliphatic heterocycles. The Morgan fingerprint density at radius 3 is 2.25 bits per heavy atom. The van der Waals surface area contributed by atoms with Gasteiger partial charge < -0.3 is 9.80 Å². The van der Waals surface area contributed by atoms with Crippen molar-refractivity contribution in [3.8, 4) is 0 Å². The van der Waals surface area contributed by atoms with Crippen LogP contribution in [0.3, 0.4) is 0 Å². The summed E-state index contributed by atoms with van der Waals surface area (Å²) in [4.78, 5) is 29.0. The van der Waals surface area contributed by atoms with E-state index in [-0.39, 0.29) is 11.1 Å². The second kappa shape index (κ2) is 4.47. The normalized spacial score (nSPS) is 26.0. The molecule has 88 valence electrons. The molecule has 0 spiro atoms. The molecule has 0 aliphatic carbocycles. The number of rotatable bonds is 1. The van der Waals surface area contributed by atoms with E-state index in [0.29, 0.717) is 4.91 Å². The second-order valence-electron chi connectivity index (χ2n) is 4.06. The quantitative estimate of drug-likeness (QED) is 0.622. The lowest BCUT2D eigenvalue weighted by molar-refractivity contribution is -0.121. The van der Waals surface area contributed by atoms with Crippen LogP contribution in [0.1, 0.15) is 0 Å². The number of amides is 2. The average Bonchev–Trinajstić information content (AvgIpc) is 2.50. The molecule has 0 radical (unpaired) electrons. The predicted octanol–water partition coefficient (Wildman–Crippen LogP) is 0.400. The van der Waals surface area contributed by atoms with Gasteiger partial charge in [0.2, 0.25) is 0 Å². The molecule has 0 saturated carbocycles. The summed E-state index contributed by atoms with van der Waals surface area (Å²) in [5.74, 6) is -0.186. The SMILES string of the molecule is CN1CCN(C=C2SC(=O)N(C)C2=O)CC1. The van der Waals surface area contributed by atoms with Crippen molar-refractivity contribution in [3.05, 3.63) is 11.1 Å². The zero-order valence-corrected chi connectivity index (χ0v) is 10.3. The maximum absolute atomic E-state index is 11.6. The molecule has 0 aromatic carbocycles. The van der Waals surface area contributed by atoms with Crippen molar-refractivity contribution in [1.29, 1.82) is 0 Å². The van der Waals surface area contributed by atoms with E-state index < -0.39 is 0 Å². The van der Waals surface area contributed by atoms with Gasteiger partial charge in [0.15, 0.2) is 0 Å². The van der Waals surface area contributed by atoms with Gasteiger partial charge in [-0.1, -0.05) is 0 Å². The van der Waals surface area contributed by atoms with Crippen LogP contribution < -0.4 is 0 Å². The van der Waals surface area contributed by atoms with Crippen LogP contribution in [-0.4, -0.2) is 66.1 Å². The van der Waals surface area contributed by atoms with Gasteiger partial charge in [0.25, 0.3) is 11.1 Å². The van der Waals surface area contributed by atoms with Gasteiger partial charge in [0, 0.05) is 39.4 Å². The number of piperazine rings is 1. The Morgan fingerprint density at radius 1 is 1.12 bits per heavy atom. The zero-order chi connectivity index (χ0) is 11.7. The van der Waals surface area contributed by atoms with Crippen LogP contribution in [0.4, 0.5) is 4.79 Å². The lowest BCUT2D eigenvalue weighted by Gasteiger charge is -2.31. The van der Waals surface area contributed by atoms with Crippen LogP contribution in [0.25, 0.3) is 0 Å². The van der Waals surface area contributed by atoms with Crippen molar-refractivity contribution in [2.45, 2.75) is 0 Å². The number of carbonyl (C=O) groups excluding carboxylic acids is 2. The minimum absolute atomic E-state index is 0.186. The fraction of sp³-hybridized carbons (Fsp3) is 0.600. The minimum atomic E-state index is -0.189. The first-order chi connectivity index (χ1) is 7.58. The molecule has 0 bridgehead atoms. The summed E-state index contributed by atoms with van der Waals surface area (Å²) >= 11 is 1.02. The number of nitrogens with zero attached hydrogens (tertiary/aromatic N) is 3. The lowest BCUT2D eigenvalue weighted by Crippen LogP contribution is -2.42. The van der Waals surface area contributed by atoms with Crippen molar-refractivity contribution < 1.29 is 9.59 Å². The fourth-order valence-corrected chi connectivity index (χ4v) is 2.49. The summed E-state index contributed by atoms with van der Waals surface area (Å²) in [5.41, 5.74) is 0. The molecule has 0 aromatic heterocycles. The third kappa shape index (κ3) is 2.22. The van der Waals surface area contributed by atoms with Gasteiger partial charge in [0.05, 0.1) is 4.91 Å². The van der Waals surface area contributed by atoms with E-state index >= 15 is 0 Å². The van der Waals surface area contributed by atoms with Crippen molar-refractivity contribution >= 4 is 22.9 Å². The lowest BCUT2D eigenvalue weighted by atomic mass is 10.3. The zero-order valence-electron chi connectivity index (χ0n) is 9.47. The number of thioether (sulfide) groups is 1. The predicted molar refractivity (Wildman–Crippen MR) is 62.9 cm³/mol. The second-order valence-corrected chi connectivity index (χ2v) is 5.06. The van der Waals surface area contributed by atoms with Gasteiger partial charge in [-0.3, -0.25) is 14.5 Å². The molecule has 2 fully saturated rings. The van der Waals surface area contributed by atoms with E-state index in [0.717, 1.165) is 42.8 Å². The van der Waals surface area contributed by atoms with Crippen molar-refractivity contribution in [3.63, 3.8) is 0 Å². The molecule has 16 heavy (non-hydrogen) atoms. The maximum atomic E-state index is 11.6. The van der Waals surface area contributed by atoms with Crippen LogP contribution in [0, 0.1) is 0 Å². The van der Waals surface area contributed by atoms with E-state index in [9.17, 15) is 9.59 Å². The van der Waals surface area contributed by atoms with E-state index in [1.165, 1.54) is 7.05 Å². The van der Waals surface area contributed by atoms with Crippen LogP contribution in [0.5, 0.6) is 0 Å². The van der Waals surface area contributed by atoms with Gasteiger partial charge in [0.1, 0.15) is 0 Å². The average molecular weight is 241 g/mol. The molecule has 0 unspecified atom stereocenters. The molecule has 6 heteroatoms. The molecular formula is C10H15N3O2S. The third-order valence-corrected chi connectivity index (χ3v) is 3.77. The molecule has 2 rings (SSSR count). The molecule has 2 saturated heterocycles. The molecular weight excluding hydrogens is 226 g/mol. The third-order valence-electron chi connectivity index (χ3n) is 2.82. The monoisotopic (exact) mass is 241 g/mol. The van der Waals surface area contributed by atoms with Gasteiger partial charge in [-0.05, 0) is 18.8 Å². The highest BCUT2D eigenvalue weighted by Crippen LogP contribution is 2.29. The number of carbonyl (C=O) groups is 2. The van der Waals surface area contributed by atoms with Crippen LogP contribution in [0.15, 0.2) is 11.1 Å². The Balaban J connectivity index is 2.02. The van der Waals surface area contributed by atoms with Crippen molar-refractivity contribution in [1.82, 2.24) is 14.7 Å². The van der Waals surface area contributed by atoms with E-state index in [2.05, 4.69) is 16.8 Å². The summed E-state index contributed by atoms with van der Waals surface area (Å²) in [7, 11) is 3.60. The van der Waals surface area contributed by atoms with Gasteiger partial charge in [-0.2, -0.15) is 0 Å². The van der Waals surface area contributed by atoms with Crippen molar-refractivity contribution in [2.24, 2.45) is 0 Å². The standard InChI is InChI=1S/C10H15N3O2S/c1-11-3-5-13(6-4-11)7-8-9(14)12(2)10(15)16-8/h7H,3-6H2,1-2H3. The fourth-order valence-electron chi connectivity index (χ4n) is 1.65. The summed E-state index contributed by atoms with van der Waals surface area (Å²) in [5, 5.41) is -0.189. The highest BCUT2D eigenvalue weighted by Gasteiger charge is 2.32. The van der Waals surface area contributed by atoms with E-state index in [4.69, 9.17) is 0 Å². The summed E-state index contributed by atoms with van der Waals surface area (Å²) < 4.78 is 0. The first-order valence-corrected chi connectivity index (χ1v) is 6.04. The molecule has 5 nitrogen and oxygen atoms in total. The highest BCUT2D eigenvalue weighted by atomic mass is 32.2. The molecule has 2 aliphatic rings. The molecule has 2 heterocycles. The summed E-state index contributed by atoms with van der Waals surface area (Å²) in [6.07, 6.45) is 1.82. The smallest absolute Gasteiger partial charge is 0.293 e. The number of hydrogen-bond donors (Lipinski definition) is 0. The van der Waals surface area contributed by atoms with Gasteiger partial charge in [-0.15, -0.1) is 0 Å². The highest BCUT2D eigenvalue weighted by molar-refractivity contribution is 8.18. The first kappa shape index (κ1) is 11.5. The number of likely N-dealkylation sites (N-methyl/N-ethyl adjacent to an activating group) is 2. The number of hydrogen-bond acceptors (Lipinski definition) is 5. The van der Waals surface area contributed by atoms with E-state index in [1.807, 2.05) is 6.20 Å². The first-order valence-electron chi connectivity index (χ1n) is 5.22. The Bertz CT molecular complexity index is 348. The maximum Gasteiger partial charge on any atom is 0.293 e. The van der Waals surface area contributed by atoms with Gasteiger partial charge in [-0.25, -0.2) is 0 Å². The molecule has 0 aromatic rings. The molecule has 0 N–H and O–H groups in total. The summed E-state index contributed by atoms with van der Waals surface area (Å²) in [6, 6.07) is 0. The Hall–Kier alpha value is -1.01. The van der Waals surface area contributed by atoms with Gasteiger partial charge >= 0.3 is 0 Å². The van der Waals surface area contributed by atoms with Crippen LogP contribution in [-0.2, 0) is 4.79 Å². The Labute approximate surface area is 99.0 Å². The largest absolute Gasteiger partial charge is 0.374 e.